The van der Waals surface area contributed by atoms with Crippen LogP contribution in [-0.2, 0) is 17.5 Å². The monoisotopic (exact) mass is 398 g/mol. The Labute approximate surface area is 166 Å². The molecule has 158 valence electrons. The molecule has 1 amide bonds. The smallest absolute Gasteiger partial charge is 0.356 e. The zero-order valence-electron chi connectivity index (χ0n) is 17.0. The van der Waals surface area contributed by atoms with Gasteiger partial charge in [0.1, 0.15) is 0 Å². The maximum atomic E-state index is 12.6. The van der Waals surface area contributed by atoms with E-state index in [9.17, 15) is 18.0 Å². The molecule has 28 heavy (non-hydrogen) atoms. The Morgan fingerprint density at radius 2 is 1.82 bits per heavy atom. The minimum Gasteiger partial charge on any atom is -0.356 e. The van der Waals surface area contributed by atoms with Gasteiger partial charge in [-0.3, -0.25) is 9.69 Å². The molecule has 0 aliphatic carbocycles. The fourth-order valence-electron chi connectivity index (χ4n) is 3.74. The highest BCUT2D eigenvalue weighted by atomic mass is 19.4. The van der Waals surface area contributed by atoms with Crippen LogP contribution in [0.3, 0.4) is 0 Å². The lowest BCUT2D eigenvalue weighted by Gasteiger charge is -2.31. The van der Waals surface area contributed by atoms with Crippen molar-refractivity contribution in [2.24, 2.45) is 11.8 Å². The van der Waals surface area contributed by atoms with Crippen LogP contribution in [0.4, 0.5) is 13.2 Å². The molecule has 1 aliphatic rings. The molecule has 1 atom stereocenters. The lowest BCUT2D eigenvalue weighted by atomic mass is 9.94. The van der Waals surface area contributed by atoms with Crippen molar-refractivity contribution in [3.05, 3.63) is 35.4 Å². The number of carbonyl (C=O) groups is 1. The van der Waals surface area contributed by atoms with Crippen molar-refractivity contribution in [1.29, 1.82) is 0 Å². The van der Waals surface area contributed by atoms with E-state index in [2.05, 4.69) is 24.1 Å². The van der Waals surface area contributed by atoms with Crippen molar-refractivity contribution in [1.82, 2.24) is 10.2 Å². The molecule has 0 saturated carbocycles. The number of alkyl halides is 3. The molecular weight excluding hydrogens is 365 g/mol. The van der Waals surface area contributed by atoms with Crippen molar-refractivity contribution >= 4 is 5.91 Å². The van der Waals surface area contributed by atoms with Crippen LogP contribution in [0, 0.1) is 11.8 Å². The molecule has 1 aromatic carbocycles. The van der Waals surface area contributed by atoms with E-state index in [0.29, 0.717) is 12.5 Å². The fraction of sp³-hybridized carbons (Fsp3) is 0.682. The van der Waals surface area contributed by atoms with Crippen molar-refractivity contribution < 1.29 is 18.0 Å². The second-order valence-corrected chi connectivity index (χ2v) is 7.91. The fourth-order valence-corrected chi connectivity index (χ4v) is 3.74. The molecule has 0 bridgehead atoms. The predicted octanol–water partition coefficient (Wildman–Crippen LogP) is 5.25. The number of amides is 1. The van der Waals surface area contributed by atoms with Crippen LogP contribution < -0.4 is 5.32 Å². The number of nitrogens with zero attached hydrogens (tertiary/aromatic N) is 1. The Morgan fingerprint density at radius 3 is 2.36 bits per heavy atom. The van der Waals surface area contributed by atoms with Gasteiger partial charge in [0.05, 0.1) is 5.56 Å². The number of halogens is 3. The topological polar surface area (TPSA) is 32.3 Å². The van der Waals surface area contributed by atoms with Gasteiger partial charge in [0, 0.05) is 19.0 Å². The van der Waals surface area contributed by atoms with Gasteiger partial charge in [0.15, 0.2) is 0 Å². The normalized spacial score (nSPS) is 17.5. The maximum Gasteiger partial charge on any atom is 0.416 e. The zero-order valence-corrected chi connectivity index (χ0v) is 17.0. The quantitative estimate of drug-likeness (QED) is 0.616. The molecule has 0 radical (unpaired) electrons. The first-order chi connectivity index (χ1) is 13.3. The summed E-state index contributed by atoms with van der Waals surface area (Å²) in [6.07, 6.45) is 1.96. The third kappa shape index (κ3) is 7.12. The third-order valence-electron chi connectivity index (χ3n) is 5.75. The molecule has 1 aromatic rings. The minimum atomic E-state index is -4.29. The van der Waals surface area contributed by atoms with Crippen molar-refractivity contribution in [2.45, 2.75) is 65.1 Å². The van der Waals surface area contributed by atoms with Gasteiger partial charge in [-0.1, -0.05) is 45.2 Å². The zero-order chi connectivity index (χ0) is 20.6. The summed E-state index contributed by atoms with van der Waals surface area (Å²) in [5.74, 6) is 0.764. The van der Waals surface area contributed by atoms with Crippen LogP contribution in [0.2, 0.25) is 0 Å². The number of nitrogens with one attached hydrogen (secondary N) is 1. The molecule has 3 nitrogen and oxygen atoms in total. The van der Waals surface area contributed by atoms with Gasteiger partial charge in [0.2, 0.25) is 5.91 Å². The van der Waals surface area contributed by atoms with E-state index in [1.165, 1.54) is 19.3 Å². The van der Waals surface area contributed by atoms with Crippen LogP contribution in [0.25, 0.3) is 0 Å². The van der Waals surface area contributed by atoms with Gasteiger partial charge in [0.25, 0.3) is 0 Å². The molecule has 1 heterocycles. The SMILES string of the molecule is CCCC[C@@H](CC)CNC(=O)C1CCN(Cc2ccc(C(F)(F)F)cc2)CC1. The van der Waals surface area contributed by atoms with Gasteiger partial charge < -0.3 is 5.32 Å². The Hall–Kier alpha value is -1.56. The summed E-state index contributed by atoms with van der Waals surface area (Å²) < 4.78 is 37.9. The molecule has 0 spiro atoms. The summed E-state index contributed by atoms with van der Waals surface area (Å²) in [5.41, 5.74) is 0.258. The van der Waals surface area contributed by atoms with Crippen molar-refractivity contribution in [3.8, 4) is 0 Å². The Kier molecular flexibility index (Phi) is 8.80. The molecule has 1 fully saturated rings. The van der Waals surface area contributed by atoms with E-state index in [4.69, 9.17) is 0 Å². The summed E-state index contributed by atoms with van der Waals surface area (Å²) >= 11 is 0. The van der Waals surface area contributed by atoms with E-state index < -0.39 is 11.7 Å². The number of piperidine rings is 1. The number of carbonyl (C=O) groups excluding carboxylic acids is 1. The molecule has 0 aromatic heterocycles. The first-order valence-corrected chi connectivity index (χ1v) is 10.5. The average molecular weight is 399 g/mol. The van der Waals surface area contributed by atoms with Crippen molar-refractivity contribution in [3.63, 3.8) is 0 Å². The van der Waals surface area contributed by atoms with Crippen LogP contribution in [0.5, 0.6) is 0 Å². The van der Waals surface area contributed by atoms with Gasteiger partial charge in [-0.25, -0.2) is 0 Å². The summed E-state index contributed by atoms with van der Waals surface area (Å²) in [7, 11) is 0. The molecule has 1 aliphatic heterocycles. The highest BCUT2D eigenvalue weighted by molar-refractivity contribution is 5.78. The molecule has 1 N–H and O–H groups in total. The maximum absolute atomic E-state index is 12.6. The highest BCUT2D eigenvalue weighted by Gasteiger charge is 2.30. The van der Waals surface area contributed by atoms with Gasteiger partial charge in [-0.2, -0.15) is 13.2 Å². The largest absolute Gasteiger partial charge is 0.416 e. The van der Waals surface area contributed by atoms with E-state index in [-0.39, 0.29) is 11.8 Å². The third-order valence-corrected chi connectivity index (χ3v) is 5.75. The van der Waals surface area contributed by atoms with Crippen LogP contribution in [-0.4, -0.2) is 30.4 Å². The van der Waals surface area contributed by atoms with E-state index >= 15 is 0 Å². The number of hydrogen-bond donors (Lipinski definition) is 1. The minimum absolute atomic E-state index is 0.0486. The van der Waals surface area contributed by atoms with Crippen LogP contribution in [0.1, 0.15) is 63.5 Å². The molecule has 1 saturated heterocycles. The average Bonchev–Trinajstić information content (AvgIpc) is 2.68. The standard InChI is InChI=1S/C22H33F3N2O/c1-3-5-6-17(4-2)15-26-21(28)19-11-13-27(14-12-19)16-18-7-9-20(10-8-18)22(23,24)25/h7-10,17,19H,3-6,11-16H2,1-2H3,(H,26,28)/t17-/m1/s1. The Balaban J connectivity index is 1.74. The summed E-state index contributed by atoms with van der Waals surface area (Å²) in [6.45, 7) is 7.34. The molecule has 6 heteroatoms. The number of rotatable bonds is 9. The highest BCUT2D eigenvalue weighted by Crippen LogP contribution is 2.29. The molecule has 2 rings (SSSR count). The lowest BCUT2D eigenvalue weighted by Crippen LogP contribution is -2.41. The predicted molar refractivity (Wildman–Crippen MR) is 106 cm³/mol. The van der Waals surface area contributed by atoms with Gasteiger partial charge >= 0.3 is 6.18 Å². The van der Waals surface area contributed by atoms with E-state index in [1.54, 1.807) is 12.1 Å². The second kappa shape index (κ2) is 10.8. The number of unbranched alkanes of at least 4 members (excludes halogenated alkanes) is 1. The van der Waals surface area contributed by atoms with Gasteiger partial charge in [-0.15, -0.1) is 0 Å². The first-order valence-electron chi connectivity index (χ1n) is 10.5. The number of likely N-dealkylation sites (tertiary alicyclic amines) is 1. The second-order valence-electron chi connectivity index (χ2n) is 7.91. The molecule has 0 unspecified atom stereocenters. The number of benzene rings is 1. The number of hydrogen-bond acceptors (Lipinski definition) is 2. The molecular formula is C22H33F3N2O. The van der Waals surface area contributed by atoms with E-state index in [0.717, 1.165) is 56.6 Å². The van der Waals surface area contributed by atoms with E-state index in [1.807, 2.05) is 0 Å². The first kappa shape index (κ1) is 22.7. The Morgan fingerprint density at radius 1 is 1.18 bits per heavy atom. The van der Waals surface area contributed by atoms with Gasteiger partial charge in [-0.05, 0) is 56.0 Å². The Bertz CT molecular complexity index is 593. The lowest BCUT2D eigenvalue weighted by molar-refractivity contribution is -0.137. The summed E-state index contributed by atoms with van der Waals surface area (Å²) in [6, 6.07) is 5.36. The van der Waals surface area contributed by atoms with Crippen LogP contribution in [0.15, 0.2) is 24.3 Å². The summed E-state index contributed by atoms with van der Waals surface area (Å²) in [4.78, 5) is 14.7. The van der Waals surface area contributed by atoms with Crippen LogP contribution >= 0.6 is 0 Å². The summed E-state index contributed by atoms with van der Waals surface area (Å²) in [5, 5.41) is 3.13. The van der Waals surface area contributed by atoms with Crippen molar-refractivity contribution in [2.75, 3.05) is 19.6 Å².